The summed E-state index contributed by atoms with van der Waals surface area (Å²) in [5, 5.41) is 15.2. The molecule has 0 unspecified atom stereocenters. The maximum absolute atomic E-state index is 11.0. The van der Waals surface area contributed by atoms with Crippen LogP contribution in [0.15, 0.2) is 47.0 Å². The van der Waals surface area contributed by atoms with Crippen LogP contribution in [0.4, 0.5) is 0 Å². The number of aromatic nitrogens is 2. The molecule has 0 bridgehead atoms. The maximum Gasteiger partial charge on any atom is 0.230 e. The quantitative estimate of drug-likeness (QED) is 0.615. The van der Waals surface area contributed by atoms with Gasteiger partial charge in [-0.3, -0.25) is 0 Å². The Labute approximate surface area is 160 Å². The van der Waals surface area contributed by atoms with Gasteiger partial charge in [-0.15, -0.1) is 0 Å². The van der Waals surface area contributed by atoms with Crippen molar-refractivity contribution < 1.29 is 9.63 Å². The third kappa shape index (κ3) is 3.48. The molecule has 4 nitrogen and oxygen atoms in total. The molecule has 1 N–H and O–H groups in total. The lowest BCUT2D eigenvalue weighted by atomic mass is 9.83. The second kappa shape index (κ2) is 6.84. The number of hydrogen-bond donors (Lipinski definition) is 1. The SMILES string of the molecule is CC(C)(C)c1cc(-c2ccccc2)c(O)c(-c2noc(C3CCCC3)n2)c1. The Bertz CT molecular complexity index is 933. The summed E-state index contributed by atoms with van der Waals surface area (Å²) < 4.78 is 5.56. The van der Waals surface area contributed by atoms with E-state index < -0.39 is 0 Å². The molecule has 1 saturated carbocycles. The minimum atomic E-state index is -0.0655. The molecule has 0 aliphatic heterocycles. The first kappa shape index (κ1) is 17.8. The smallest absolute Gasteiger partial charge is 0.230 e. The summed E-state index contributed by atoms with van der Waals surface area (Å²) in [5.41, 5.74) is 3.46. The van der Waals surface area contributed by atoms with E-state index in [4.69, 9.17) is 4.52 Å². The second-order valence-corrected chi connectivity index (χ2v) is 8.47. The molecule has 1 fully saturated rings. The van der Waals surface area contributed by atoms with E-state index in [9.17, 15) is 5.11 Å². The molecule has 27 heavy (non-hydrogen) atoms. The number of phenolic OH excluding ortho intramolecular Hbond substituents is 1. The molecule has 0 saturated heterocycles. The summed E-state index contributed by atoms with van der Waals surface area (Å²) in [5.74, 6) is 1.72. The standard InChI is InChI=1S/C23H26N2O2/c1-23(2,3)17-13-18(15-9-5-4-6-10-15)20(26)19(14-17)21-24-22(27-25-21)16-11-7-8-12-16/h4-6,9-10,13-14,16,26H,7-8,11-12H2,1-3H3. The Hall–Kier alpha value is -2.62. The van der Waals surface area contributed by atoms with E-state index in [0.29, 0.717) is 23.2 Å². The van der Waals surface area contributed by atoms with E-state index in [0.717, 1.165) is 29.5 Å². The molecule has 4 heteroatoms. The zero-order valence-electron chi connectivity index (χ0n) is 16.2. The first-order valence-corrected chi connectivity index (χ1v) is 9.70. The molecular weight excluding hydrogens is 336 g/mol. The van der Waals surface area contributed by atoms with Gasteiger partial charge in [0.05, 0.1) is 5.56 Å². The number of phenols is 1. The highest BCUT2D eigenvalue weighted by Crippen LogP contribution is 2.42. The zero-order chi connectivity index (χ0) is 19.0. The predicted octanol–water partition coefficient (Wildman–Crippen LogP) is 6.06. The third-order valence-corrected chi connectivity index (χ3v) is 5.45. The summed E-state index contributed by atoms with van der Waals surface area (Å²) in [6, 6.07) is 14.0. The van der Waals surface area contributed by atoms with Gasteiger partial charge in [-0.2, -0.15) is 4.98 Å². The van der Waals surface area contributed by atoms with Crippen molar-refractivity contribution in [3.63, 3.8) is 0 Å². The van der Waals surface area contributed by atoms with Gasteiger partial charge in [-0.1, -0.05) is 69.1 Å². The van der Waals surface area contributed by atoms with Gasteiger partial charge in [0.15, 0.2) is 0 Å². The predicted molar refractivity (Wildman–Crippen MR) is 107 cm³/mol. The summed E-state index contributed by atoms with van der Waals surface area (Å²) in [4.78, 5) is 4.64. The summed E-state index contributed by atoms with van der Waals surface area (Å²) in [6.07, 6.45) is 4.63. The molecular formula is C23H26N2O2. The van der Waals surface area contributed by atoms with Crippen LogP contribution in [-0.2, 0) is 5.41 Å². The first-order valence-electron chi connectivity index (χ1n) is 9.70. The molecule has 0 atom stereocenters. The van der Waals surface area contributed by atoms with Crippen LogP contribution in [-0.4, -0.2) is 15.2 Å². The average molecular weight is 362 g/mol. The van der Waals surface area contributed by atoms with Crippen LogP contribution >= 0.6 is 0 Å². The van der Waals surface area contributed by atoms with Crippen LogP contribution in [0.3, 0.4) is 0 Å². The molecule has 140 valence electrons. The van der Waals surface area contributed by atoms with Gasteiger partial charge in [0.1, 0.15) is 5.75 Å². The summed E-state index contributed by atoms with van der Waals surface area (Å²) in [6.45, 7) is 6.49. The van der Waals surface area contributed by atoms with Gasteiger partial charge in [-0.05, 0) is 41.5 Å². The molecule has 2 aromatic carbocycles. The van der Waals surface area contributed by atoms with Crippen molar-refractivity contribution in [3.8, 4) is 28.3 Å². The number of aromatic hydroxyl groups is 1. The first-order chi connectivity index (χ1) is 12.9. The lowest BCUT2D eigenvalue weighted by molar-refractivity contribution is 0.354. The molecule has 0 spiro atoms. The molecule has 3 aromatic rings. The highest BCUT2D eigenvalue weighted by Gasteiger charge is 2.26. The summed E-state index contributed by atoms with van der Waals surface area (Å²) >= 11 is 0. The van der Waals surface area contributed by atoms with Crippen molar-refractivity contribution in [1.82, 2.24) is 10.1 Å². The van der Waals surface area contributed by atoms with Gasteiger partial charge in [0.25, 0.3) is 0 Å². The van der Waals surface area contributed by atoms with Gasteiger partial charge in [-0.25, -0.2) is 0 Å². The second-order valence-electron chi connectivity index (χ2n) is 8.47. The molecule has 1 aromatic heterocycles. The Morgan fingerprint density at radius 2 is 1.67 bits per heavy atom. The van der Waals surface area contributed by atoms with Crippen LogP contribution in [0.25, 0.3) is 22.5 Å². The molecule has 1 aliphatic carbocycles. The van der Waals surface area contributed by atoms with Crippen molar-refractivity contribution in [2.45, 2.75) is 57.8 Å². The summed E-state index contributed by atoms with van der Waals surface area (Å²) in [7, 11) is 0. The Kier molecular flexibility index (Phi) is 4.50. The van der Waals surface area contributed by atoms with E-state index in [-0.39, 0.29) is 11.2 Å². The van der Waals surface area contributed by atoms with Crippen molar-refractivity contribution in [2.75, 3.05) is 0 Å². The van der Waals surface area contributed by atoms with Crippen molar-refractivity contribution >= 4 is 0 Å². The lowest BCUT2D eigenvalue weighted by Crippen LogP contribution is -2.11. The van der Waals surface area contributed by atoms with E-state index in [1.807, 2.05) is 36.4 Å². The maximum atomic E-state index is 11.0. The van der Waals surface area contributed by atoms with Crippen LogP contribution in [0.2, 0.25) is 0 Å². The molecule has 1 aliphatic rings. The van der Waals surface area contributed by atoms with Crippen molar-refractivity contribution in [3.05, 3.63) is 53.9 Å². The fraction of sp³-hybridized carbons (Fsp3) is 0.391. The van der Waals surface area contributed by atoms with Crippen LogP contribution < -0.4 is 0 Å². The fourth-order valence-electron chi connectivity index (χ4n) is 3.76. The van der Waals surface area contributed by atoms with E-state index in [1.165, 1.54) is 12.8 Å². The minimum Gasteiger partial charge on any atom is -0.507 e. The monoisotopic (exact) mass is 362 g/mol. The fourth-order valence-corrected chi connectivity index (χ4v) is 3.76. The molecule has 0 radical (unpaired) electrons. The number of hydrogen-bond acceptors (Lipinski definition) is 4. The highest BCUT2D eigenvalue weighted by molar-refractivity contribution is 5.80. The third-order valence-electron chi connectivity index (χ3n) is 5.45. The van der Waals surface area contributed by atoms with Crippen LogP contribution in [0.1, 0.15) is 63.8 Å². The number of nitrogens with zero attached hydrogens (tertiary/aromatic N) is 2. The molecule has 1 heterocycles. The largest absolute Gasteiger partial charge is 0.507 e. The van der Waals surface area contributed by atoms with Crippen LogP contribution in [0.5, 0.6) is 5.75 Å². The van der Waals surface area contributed by atoms with Crippen molar-refractivity contribution in [2.24, 2.45) is 0 Å². The van der Waals surface area contributed by atoms with E-state index in [2.05, 4.69) is 37.0 Å². The average Bonchev–Trinajstić information content (AvgIpc) is 3.33. The Morgan fingerprint density at radius 1 is 1.00 bits per heavy atom. The topological polar surface area (TPSA) is 59.2 Å². The minimum absolute atomic E-state index is 0.0655. The van der Waals surface area contributed by atoms with E-state index in [1.54, 1.807) is 0 Å². The van der Waals surface area contributed by atoms with Crippen LogP contribution in [0, 0.1) is 0 Å². The molecule has 4 rings (SSSR count). The normalized spacial score (nSPS) is 15.4. The zero-order valence-corrected chi connectivity index (χ0v) is 16.2. The van der Waals surface area contributed by atoms with Crippen molar-refractivity contribution in [1.29, 1.82) is 0 Å². The highest BCUT2D eigenvalue weighted by atomic mass is 16.5. The lowest BCUT2D eigenvalue weighted by Gasteiger charge is -2.22. The van der Waals surface area contributed by atoms with Gasteiger partial charge < -0.3 is 9.63 Å². The Balaban J connectivity index is 1.84. The number of benzene rings is 2. The van der Waals surface area contributed by atoms with Gasteiger partial charge in [0, 0.05) is 11.5 Å². The van der Waals surface area contributed by atoms with Gasteiger partial charge >= 0.3 is 0 Å². The number of rotatable bonds is 3. The van der Waals surface area contributed by atoms with Gasteiger partial charge in [0.2, 0.25) is 11.7 Å². The van der Waals surface area contributed by atoms with E-state index >= 15 is 0 Å². The Morgan fingerprint density at radius 3 is 2.33 bits per heavy atom. The molecule has 0 amide bonds.